The van der Waals surface area contributed by atoms with Crippen LogP contribution >= 0.6 is 0 Å². The summed E-state index contributed by atoms with van der Waals surface area (Å²) >= 11 is 0. The number of nitrogens with zero attached hydrogens (tertiary/aromatic N) is 1. The standard InChI is InChI=1S/C25H18N2O2/c1-16-10-12-18(13-11-16)27-22-15-14-21(26-24(28)17-6-3-2-4-7-17)19-8-5-9-20(23(19)22)25(27)29/h2-15H,1H3,(H,26,28). The van der Waals surface area contributed by atoms with Crippen molar-refractivity contribution in [3.8, 4) is 0 Å². The summed E-state index contributed by atoms with van der Waals surface area (Å²) in [6, 6.07) is 26.4. The van der Waals surface area contributed by atoms with Crippen LogP contribution in [0, 0.1) is 6.92 Å². The van der Waals surface area contributed by atoms with Gasteiger partial charge in [0.2, 0.25) is 0 Å². The molecule has 0 saturated heterocycles. The molecule has 0 radical (unpaired) electrons. The molecule has 4 aromatic carbocycles. The van der Waals surface area contributed by atoms with Crippen molar-refractivity contribution in [2.75, 3.05) is 10.2 Å². The molecule has 0 atom stereocenters. The van der Waals surface area contributed by atoms with E-state index in [0.29, 0.717) is 16.8 Å². The van der Waals surface area contributed by atoms with E-state index in [1.165, 1.54) is 0 Å². The van der Waals surface area contributed by atoms with Crippen molar-refractivity contribution in [3.63, 3.8) is 0 Å². The normalized spacial score (nSPS) is 12.4. The Labute approximate surface area is 168 Å². The Bertz CT molecular complexity index is 1260. The number of hydrogen-bond acceptors (Lipinski definition) is 2. The fourth-order valence-corrected chi connectivity index (χ4v) is 3.83. The summed E-state index contributed by atoms with van der Waals surface area (Å²) in [6.07, 6.45) is 0. The lowest BCUT2D eigenvalue weighted by molar-refractivity contribution is 0.100. The van der Waals surface area contributed by atoms with Crippen LogP contribution in [-0.2, 0) is 0 Å². The molecule has 0 bridgehead atoms. The number of aryl methyl sites for hydroxylation is 1. The molecule has 0 unspecified atom stereocenters. The topological polar surface area (TPSA) is 49.4 Å². The third kappa shape index (κ3) is 2.77. The SMILES string of the molecule is Cc1ccc(N2C(=O)c3cccc4c(NC(=O)c5ccccc5)ccc2c34)cc1. The maximum Gasteiger partial charge on any atom is 0.263 e. The number of anilines is 3. The molecule has 5 rings (SSSR count). The van der Waals surface area contributed by atoms with Gasteiger partial charge in [0.25, 0.3) is 11.8 Å². The van der Waals surface area contributed by atoms with E-state index < -0.39 is 0 Å². The van der Waals surface area contributed by atoms with Crippen molar-refractivity contribution in [1.29, 1.82) is 0 Å². The van der Waals surface area contributed by atoms with Gasteiger partial charge in [-0.1, -0.05) is 48.0 Å². The Morgan fingerprint density at radius 3 is 2.34 bits per heavy atom. The lowest BCUT2D eigenvalue weighted by Gasteiger charge is -2.18. The van der Waals surface area contributed by atoms with E-state index >= 15 is 0 Å². The van der Waals surface area contributed by atoms with Crippen LogP contribution in [0.3, 0.4) is 0 Å². The highest BCUT2D eigenvalue weighted by Gasteiger charge is 2.31. The lowest BCUT2D eigenvalue weighted by atomic mass is 10.0. The second-order valence-corrected chi connectivity index (χ2v) is 7.16. The molecule has 0 aliphatic carbocycles. The second kappa shape index (κ2) is 6.60. The van der Waals surface area contributed by atoms with Crippen LogP contribution in [0.5, 0.6) is 0 Å². The predicted molar refractivity (Wildman–Crippen MR) is 116 cm³/mol. The van der Waals surface area contributed by atoms with E-state index in [9.17, 15) is 9.59 Å². The Kier molecular flexibility index (Phi) is 3.91. The summed E-state index contributed by atoms with van der Waals surface area (Å²) in [7, 11) is 0. The lowest BCUT2D eigenvalue weighted by Crippen LogP contribution is -2.20. The van der Waals surface area contributed by atoms with Crippen molar-refractivity contribution in [2.45, 2.75) is 6.92 Å². The van der Waals surface area contributed by atoms with Gasteiger partial charge < -0.3 is 5.32 Å². The van der Waals surface area contributed by atoms with Crippen LogP contribution in [0.1, 0.15) is 26.3 Å². The molecule has 0 spiro atoms. The molecule has 4 nitrogen and oxygen atoms in total. The van der Waals surface area contributed by atoms with Gasteiger partial charge in [0.15, 0.2) is 0 Å². The van der Waals surface area contributed by atoms with E-state index in [2.05, 4.69) is 5.32 Å². The number of nitrogens with one attached hydrogen (secondary N) is 1. The minimum absolute atomic E-state index is 0.0546. The molecule has 0 saturated carbocycles. The molecule has 29 heavy (non-hydrogen) atoms. The summed E-state index contributed by atoms with van der Waals surface area (Å²) in [5.74, 6) is -0.230. The van der Waals surface area contributed by atoms with Gasteiger partial charge in [-0.2, -0.15) is 0 Å². The summed E-state index contributed by atoms with van der Waals surface area (Å²) in [6.45, 7) is 2.02. The summed E-state index contributed by atoms with van der Waals surface area (Å²) < 4.78 is 0. The smallest absolute Gasteiger partial charge is 0.263 e. The van der Waals surface area contributed by atoms with Crippen LogP contribution in [0.15, 0.2) is 84.9 Å². The first-order valence-corrected chi connectivity index (χ1v) is 9.47. The van der Waals surface area contributed by atoms with Gasteiger partial charge in [-0.3, -0.25) is 14.5 Å². The first-order chi connectivity index (χ1) is 14.1. The molecule has 140 valence electrons. The first kappa shape index (κ1) is 17.2. The molecule has 4 heteroatoms. The number of benzene rings is 4. The monoisotopic (exact) mass is 378 g/mol. The van der Waals surface area contributed by atoms with Gasteiger partial charge >= 0.3 is 0 Å². The van der Waals surface area contributed by atoms with Crippen molar-refractivity contribution in [3.05, 3.63) is 102 Å². The second-order valence-electron chi connectivity index (χ2n) is 7.16. The Balaban J connectivity index is 1.61. The molecule has 1 aliphatic heterocycles. The Morgan fingerprint density at radius 2 is 1.59 bits per heavy atom. The predicted octanol–water partition coefficient (Wildman–Crippen LogP) is 5.69. The van der Waals surface area contributed by atoms with Crippen molar-refractivity contribution < 1.29 is 9.59 Å². The van der Waals surface area contributed by atoms with E-state index in [1.54, 1.807) is 17.0 Å². The zero-order valence-electron chi connectivity index (χ0n) is 15.8. The number of hydrogen-bond donors (Lipinski definition) is 1. The molecule has 0 fully saturated rings. The number of carbonyl (C=O) groups is 2. The van der Waals surface area contributed by atoms with E-state index in [-0.39, 0.29) is 11.8 Å². The van der Waals surface area contributed by atoms with Crippen LogP contribution in [0.2, 0.25) is 0 Å². The van der Waals surface area contributed by atoms with E-state index in [1.807, 2.05) is 79.7 Å². The number of amides is 2. The van der Waals surface area contributed by atoms with Gasteiger partial charge in [0, 0.05) is 27.7 Å². The highest BCUT2D eigenvalue weighted by molar-refractivity contribution is 6.29. The fourth-order valence-electron chi connectivity index (χ4n) is 3.83. The third-order valence-electron chi connectivity index (χ3n) is 5.27. The number of rotatable bonds is 3. The highest BCUT2D eigenvalue weighted by atomic mass is 16.2. The molecule has 1 N–H and O–H groups in total. The molecular formula is C25H18N2O2. The third-order valence-corrected chi connectivity index (χ3v) is 5.27. The van der Waals surface area contributed by atoms with Crippen molar-refractivity contribution in [2.24, 2.45) is 0 Å². The Hall–Kier alpha value is -3.92. The molecule has 1 heterocycles. The summed E-state index contributed by atoms with van der Waals surface area (Å²) in [5, 5.41) is 4.71. The summed E-state index contributed by atoms with van der Waals surface area (Å²) in [5.41, 5.74) is 4.74. The molecule has 1 aliphatic rings. The van der Waals surface area contributed by atoms with Crippen molar-refractivity contribution in [1.82, 2.24) is 0 Å². The molecule has 4 aromatic rings. The first-order valence-electron chi connectivity index (χ1n) is 9.47. The van der Waals surface area contributed by atoms with E-state index in [0.717, 1.165) is 27.7 Å². The van der Waals surface area contributed by atoms with Gasteiger partial charge in [-0.05, 0) is 49.4 Å². The average molecular weight is 378 g/mol. The number of carbonyl (C=O) groups excluding carboxylic acids is 2. The van der Waals surface area contributed by atoms with Gasteiger partial charge in [-0.15, -0.1) is 0 Å². The maximum atomic E-state index is 13.2. The molecule has 2 amide bonds. The Morgan fingerprint density at radius 1 is 0.828 bits per heavy atom. The minimum Gasteiger partial charge on any atom is -0.321 e. The molecular weight excluding hydrogens is 360 g/mol. The quantitative estimate of drug-likeness (QED) is 0.498. The summed E-state index contributed by atoms with van der Waals surface area (Å²) in [4.78, 5) is 27.5. The van der Waals surface area contributed by atoms with Crippen LogP contribution in [-0.4, -0.2) is 11.8 Å². The van der Waals surface area contributed by atoms with Crippen molar-refractivity contribution >= 4 is 39.6 Å². The maximum absolute atomic E-state index is 13.2. The minimum atomic E-state index is -0.175. The van der Waals surface area contributed by atoms with Gasteiger partial charge in [-0.25, -0.2) is 0 Å². The zero-order chi connectivity index (χ0) is 20.0. The molecule has 0 aromatic heterocycles. The fraction of sp³-hybridized carbons (Fsp3) is 0.0400. The highest BCUT2D eigenvalue weighted by Crippen LogP contribution is 2.44. The van der Waals surface area contributed by atoms with Gasteiger partial charge in [0.05, 0.1) is 11.3 Å². The van der Waals surface area contributed by atoms with E-state index in [4.69, 9.17) is 0 Å². The zero-order valence-corrected chi connectivity index (χ0v) is 15.8. The van der Waals surface area contributed by atoms with Crippen LogP contribution in [0.4, 0.5) is 17.1 Å². The average Bonchev–Trinajstić information content (AvgIpc) is 3.04. The largest absolute Gasteiger partial charge is 0.321 e. The van der Waals surface area contributed by atoms with Gasteiger partial charge in [0.1, 0.15) is 0 Å². The van der Waals surface area contributed by atoms with Crippen LogP contribution in [0.25, 0.3) is 10.8 Å². The van der Waals surface area contributed by atoms with Crippen LogP contribution < -0.4 is 10.2 Å².